The van der Waals surface area contributed by atoms with E-state index in [-0.39, 0.29) is 64.0 Å². The Morgan fingerprint density at radius 3 is 2.65 bits per heavy atom. The van der Waals surface area contributed by atoms with Crippen molar-refractivity contribution in [3.05, 3.63) is 39.7 Å². The minimum absolute atomic E-state index is 0.00177. The average Bonchev–Trinajstić information content (AvgIpc) is 3.40. The first-order chi connectivity index (χ1) is 16.1. The summed E-state index contributed by atoms with van der Waals surface area (Å²) >= 11 is 6.42. The molecule has 10 nitrogen and oxygen atoms in total. The van der Waals surface area contributed by atoms with Gasteiger partial charge in [-0.2, -0.15) is 4.98 Å². The third-order valence-electron chi connectivity index (χ3n) is 5.96. The summed E-state index contributed by atoms with van der Waals surface area (Å²) < 4.78 is 21.8. The van der Waals surface area contributed by atoms with Crippen LogP contribution in [0.2, 0.25) is 5.02 Å². The minimum Gasteiger partial charge on any atom is -0.507 e. The number of aliphatic hydroxyl groups excluding tert-OH is 1. The monoisotopic (exact) mass is 489 g/mol. The van der Waals surface area contributed by atoms with E-state index in [0.29, 0.717) is 5.82 Å². The first kappa shape index (κ1) is 23.7. The molecule has 0 amide bonds. The van der Waals surface area contributed by atoms with Crippen LogP contribution in [0.3, 0.4) is 0 Å². The molecule has 1 N–H and O–H groups in total. The average molecular weight is 490 g/mol. The summed E-state index contributed by atoms with van der Waals surface area (Å²) in [6.07, 6.45) is 1.14. The molecule has 2 aliphatic rings. The Bertz CT molecular complexity index is 1230. The second-order valence-electron chi connectivity index (χ2n) is 8.43. The van der Waals surface area contributed by atoms with Gasteiger partial charge in [-0.3, -0.25) is 14.6 Å². The largest absolute Gasteiger partial charge is 0.507 e. The lowest BCUT2D eigenvalue weighted by Gasteiger charge is -2.36. The lowest BCUT2D eigenvalue weighted by atomic mass is 9.73. The van der Waals surface area contributed by atoms with Crippen molar-refractivity contribution >= 4 is 29.4 Å². The normalized spacial score (nSPS) is 22.1. The van der Waals surface area contributed by atoms with E-state index in [0.717, 1.165) is 0 Å². The molecule has 1 aromatic carbocycles. The van der Waals surface area contributed by atoms with Gasteiger partial charge in [-0.25, -0.2) is 0 Å². The summed E-state index contributed by atoms with van der Waals surface area (Å²) in [5.41, 5.74) is -1.91. The number of ketones is 2. The lowest BCUT2D eigenvalue weighted by molar-refractivity contribution is -0.118. The van der Waals surface area contributed by atoms with Gasteiger partial charge in [-0.1, -0.05) is 37.5 Å². The predicted molar refractivity (Wildman–Crippen MR) is 121 cm³/mol. The van der Waals surface area contributed by atoms with Crippen LogP contribution >= 0.6 is 11.6 Å². The number of Topliss-reactive ketones (excluding diaryl/α,β-unsaturated/α-hetero) is 2. The molecular weight excluding hydrogens is 466 g/mol. The van der Waals surface area contributed by atoms with Crippen molar-refractivity contribution in [2.75, 3.05) is 14.2 Å². The Morgan fingerprint density at radius 2 is 2.03 bits per heavy atom. The molecule has 0 bridgehead atoms. The molecule has 2 aromatic rings. The molecule has 0 unspecified atom stereocenters. The van der Waals surface area contributed by atoms with Gasteiger partial charge >= 0.3 is 0 Å². The third-order valence-corrected chi connectivity index (χ3v) is 6.32. The molecule has 1 aromatic heterocycles. The van der Waals surface area contributed by atoms with E-state index in [1.54, 1.807) is 6.92 Å². The summed E-state index contributed by atoms with van der Waals surface area (Å²) in [6.45, 7) is 5.50. The van der Waals surface area contributed by atoms with E-state index in [1.165, 1.54) is 26.5 Å². The van der Waals surface area contributed by atoms with Crippen LogP contribution in [0.5, 0.6) is 17.2 Å². The van der Waals surface area contributed by atoms with Crippen molar-refractivity contribution in [3.63, 3.8) is 0 Å². The van der Waals surface area contributed by atoms with Gasteiger partial charge in [0.05, 0.1) is 19.8 Å². The van der Waals surface area contributed by atoms with Crippen LogP contribution in [-0.4, -0.2) is 52.8 Å². The van der Waals surface area contributed by atoms with Gasteiger partial charge in [-0.15, -0.1) is 0 Å². The van der Waals surface area contributed by atoms with Gasteiger partial charge in [-0.05, 0) is 0 Å². The van der Waals surface area contributed by atoms with Crippen molar-refractivity contribution in [3.8, 4) is 17.2 Å². The van der Waals surface area contributed by atoms with E-state index in [4.69, 9.17) is 30.3 Å². The molecule has 34 heavy (non-hydrogen) atoms. The fraction of sp³-hybridized carbons (Fsp3) is 0.435. The number of carbonyl (C=O) groups is 2. The molecule has 11 heteroatoms. The molecule has 0 fully saturated rings. The Morgan fingerprint density at radius 1 is 1.32 bits per heavy atom. The number of halogens is 1. The van der Waals surface area contributed by atoms with E-state index < -0.39 is 23.1 Å². The topological polar surface area (TPSA) is 133 Å². The Kier molecular flexibility index (Phi) is 6.11. The molecule has 1 aliphatic heterocycles. The molecule has 1 spiro atoms. The summed E-state index contributed by atoms with van der Waals surface area (Å²) in [7, 11) is 2.81. The number of allylic oxidation sites excluding steroid dienone is 1. The zero-order valence-corrected chi connectivity index (χ0v) is 20.1. The molecule has 4 rings (SSSR count). The van der Waals surface area contributed by atoms with Gasteiger partial charge in [0.25, 0.3) is 0 Å². The molecule has 0 saturated heterocycles. The SMILES string of the molecule is COc1cc(OC)c2c(c1Cl)O[C@]1(C2=O)C(O)=C(C=NCc2nc(C(C)C)no2)C(=O)C[C@H]1C. The molecule has 0 radical (unpaired) electrons. The highest BCUT2D eigenvalue weighted by atomic mass is 35.5. The summed E-state index contributed by atoms with van der Waals surface area (Å²) in [5, 5.41) is 15.1. The number of methoxy groups -OCH3 is 2. The van der Waals surface area contributed by atoms with Gasteiger partial charge < -0.3 is 23.8 Å². The molecule has 2 atom stereocenters. The Hall–Kier alpha value is -3.40. The highest BCUT2D eigenvalue weighted by molar-refractivity contribution is 6.35. The number of aliphatic hydroxyl groups is 1. The Labute approximate surface area is 200 Å². The van der Waals surface area contributed by atoms with Gasteiger partial charge in [0.1, 0.15) is 28.6 Å². The maximum Gasteiger partial charge on any atom is 0.248 e. The van der Waals surface area contributed by atoms with Gasteiger partial charge in [0.2, 0.25) is 17.3 Å². The second kappa shape index (κ2) is 8.75. The van der Waals surface area contributed by atoms with Crippen LogP contribution in [0.25, 0.3) is 0 Å². The number of aromatic nitrogens is 2. The van der Waals surface area contributed by atoms with E-state index in [9.17, 15) is 14.7 Å². The van der Waals surface area contributed by atoms with Crippen LogP contribution in [0.1, 0.15) is 55.2 Å². The standard InChI is InChI=1S/C23H24ClN3O7/c1-10(2)22-26-16(34-27-22)9-25-8-12-13(28)6-11(3)23(20(12)29)21(30)17-14(31-4)7-15(32-5)18(24)19(17)33-23/h7-8,10-11,29H,6,9H2,1-5H3/t11-,23+/m1/s1. The van der Waals surface area contributed by atoms with Crippen molar-refractivity contribution < 1.29 is 33.4 Å². The molecule has 1 aliphatic carbocycles. The number of benzene rings is 1. The zero-order chi connectivity index (χ0) is 24.8. The second-order valence-corrected chi connectivity index (χ2v) is 8.81. The van der Waals surface area contributed by atoms with Crippen LogP contribution in [-0.2, 0) is 11.3 Å². The van der Waals surface area contributed by atoms with Crippen LogP contribution in [0.4, 0.5) is 0 Å². The Balaban J connectivity index is 1.74. The van der Waals surface area contributed by atoms with Gasteiger partial charge in [0, 0.05) is 30.5 Å². The zero-order valence-electron chi connectivity index (χ0n) is 19.3. The summed E-state index contributed by atoms with van der Waals surface area (Å²) in [6, 6.07) is 1.47. The molecule has 180 valence electrons. The van der Waals surface area contributed by atoms with Crippen molar-refractivity contribution in [2.24, 2.45) is 10.9 Å². The lowest BCUT2D eigenvalue weighted by Crippen LogP contribution is -2.52. The summed E-state index contributed by atoms with van der Waals surface area (Å²) in [5.74, 6) is -0.826. The third kappa shape index (κ3) is 3.53. The van der Waals surface area contributed by atoms with Gasteiger partial charge in [0.15, 0.2) is 23.1 Å². The van der Waals surface area contributed by atoms with Crippen LogP contribution in [0, 0.1) is 5.92 Å². The fourth-order valence-corrected chi connectivity index (χ4v) is 4.36. The number of ether oxygens (including phenoxy) is 3. The number of hydrogen-bond donors (Lipinski definition) is 1. The summed E-state index contributed by atoms with van der Waals surface area (Å²) in [4.78, 5) is 34.8. The molecular formula is C23H24ClN3O7. The molecule has 0 saturated carbocycles. The predicted octanol–water partition coefficient (Wildman–Crippen LogP) is 3.87. The van der Waals surface area contributed by atoms with E-state index in [1.807, 2.05) is 13.8 Å². The van der Waals surface area contributed by atoms with Crippen LogP contribution in [0.15, 0.2) is 26.9 Å². The first-order valence-corrected chi connectivity index (χ1v) is 11.0. The quantitative estimate of drug-likeness (QED) is 0.600. The van der Waals surface area contributed by atoms with Crippen molar-refractivity contribution in [1.82, 2.24) is 10.1 Å². The smallest absolute Gasteiger partial charge is 0.248 e. The number of carbonyl (C=O) groups excluding carboxylic acids is 2. The maximum absolute atomic E-state index is 13.7. The van der Waals surface area contributed by atoms with Crippen molar-refractivity contribution in [1.29, 1.82) is 0 Å². The first-order valence-electron chi connectivity index (χ1n) is 10.6. The molecule has 2 heterocycles. The fourth-order valence-electron chi connectivity index (χ4n) is 4.09. The minimum atomic E-state index is -1.85. The number of rotatable bonds is 6. The number of nitrogens with zero attached hydrogens (tertiary/aromatic N) is 3. The maximum atomic E-state index is 13.7. The number of fused-ring (bicyclic) bond motifs is 1. The van der Waals surface area contributed by atoms with Crippen LogP contribution < -0.4 is 14.2 Å². The van der Waals surface area contributed by atoms with Crippen molar-refractivity contribution in [2.45, 2.75) is 45.3 Å². The highest BCUT2D eigenvalue weighted by Crippen LogP contribution is 2.54. The van der Waals surface area contributed by atoms with E-state index in [2.05, 4.69) is 15.1 Å². The number of hydrogen-bond acceptors (Lipinski definition) is 10. The van der Waals surface area contributed by atoms with E-state index >= 15 is 0 Å². The number of aliphatic imine (C=N–C) groups is 1. The highest BCUT2D eigenvalue weighted by Gasteiger charge is 2.60.